The molecule has 1 heterocycles. The highest BCUT2D eigenvalue weighted by Crippen LogP contribution is 2.22. The van der Waals surface area contributed by atoms with E-state index in [0.29, 0.717) is 18.7 Å². The predicted octanol–water partition coefficient (Wildman–Crippen LogP) is 0.927. The molecule has 6 heteroatoms. The van der Waals surface area contributed by atoms with E-state index < -0.39 is 4.92 Å². The van der Waals surface area contributed by atoms with Gasteiger partial charge in [0, 0.05) is 0 Å². The third kappa shape index (κ3) is 2.54. The normalized spacial score (nSPS) is 12.7. The molecule has 1 atom stereocenters. The van der Waals surface area contributed by atoms with Crippen molar-refractivity contribution in [2.24, 2.45) is 11.5 Å². The molecule has 0 spiro atoms. The van der Waals surface area contributed by atoms with E-state index in [1.54, 1.807) is 0 Å². The number of rotatable bonds is 5. The van der Waals surface area contributed by atoms with Gasteiger partial charge < -0.3 is 15.9 Å². The van der Waals surface area contributed by atoms with Crippen LogP contribution in [0.15, 0.2) is 16.5 Å². The molecule has 14 heavy (non-hydrogen) atoms. The Morgan fingerprint density at radius 3 is 2.79 bits per heavy atom. The Balaban J connectivity index is 2.61. The molecule has 0 aliphatic carbocycles. The Kier molecular flexibility index (Phi) is 3.61. The minimum absolute atomic E-state index is 0.275. The third-order valence-electron chi connectivity index (χ3n) is 1.88. The summed E-state index contributed by atoms with van der Waals surface area (Å²) in [5, 5.41) is 10.3. The standard InChI is InChI=1S/C8H13N3O3/c9-5-1-2-6(10)7-3-4-8(14-7)11(12)13/h3-4,6H,1-2,5,9-10H2/t6-/m0/s1. The number of nitro groups is 1. The Morgan fingerprint density at radius 1 is 1.57 bits per heavy atom. The van der Waals surface area contributed by atoms with Crippen LogP contribution >= 0.6 is 0 Å². The van der Waals surface area contributed by atoms with Crippen molar-refractivity contribution >= 4 is 5.88 Å². The van der Waals surface area contributed by atoms with Crippen molar-refractivity contribution < 1.29 is 9.34 Å². The lowest BCUT2D eigenvalue weighted by Gasteiger charge is -2.05. The van der Waals surface area contributed by atoms with E-state index in [9.17, 15) is 10.1 Å². The van der Waals surface area contributed by atoms with Crippen LogP contribution in [0, 0.1) is 10.1 Å². The minimum atomic E-state index is -0.584. The summed E-state index contributed by atoms with van der Waals surface area (Å²) in [7, 11) is 0. The van der Waals surface area contributed by atoms with E-state index in [0.717, 1.165) is 6.42 Å². The van der Waals surface area contributed by atoms with Crippen molar-refractivity contribution in [1.82, 2.24) is 0 Å². The lowest BCUT2D eigenvalue weighted by atomic mass is 10.1. The maximum absolute atomic E-state index is 10.3. The Labute approximate surface area is 81.0 Å². The first-order valence-electron chi connectivity index (χ1n) is 4.35. The molecule has 0 unspecified atom stereocenters. The van der Waals surface area contributed by atoms with Gasteiger partial charge in [0.25, 0.3) is 0 Å². The highest BCUT2D eigenvalue weighted by molar-refractivity contribution is 5.19. The maximum Gasteiger partial charge on any atom is 0.433 e. The molecule has 6 nitrogen and oxygen atoms in total. The SMILES string of the molecule is NCCC[C@H](N)c1ccc([N+](=O)[O-])o1. The quantitative estimate of drug-likeness (QED) is 0.541. The fourth-order valence-electron chi connectivity index (χ4n) is 1.12. The van der Waals surface area contributed by atoms with Gasteiger partial charge in [-0.15, -0.1) is 0 Å². The van der Waals surface area contributed by atoms with Crippen LogP contribution in [0.4, 0.5) is 5.88 Å². The molecule has 0 saturated heterocycles. The zero-order valence-corrected chi connectivity index (χ0v) is 7.68. The Morgan fingerprint density at radius 2 is 2.29 bits per heavy atom. The second kappa shape index (κ2) is 4.73. The van der Waals surface area contributed by atoms with Gasteiger partial charge in [0.2, 0.25) is 0 Å². The van der Waals surface area contributed by atoms with Crippen LogP contribution in [-0.2, 0) is 0 Å². The molecule has 0 aliphatic rings. The highest BCUT2D eigenvalue weighted by atomic mass is 16.6. The average molecular weight is 199 g/mol. The number of hydrogen-bond acceptors (Lipinski definition) is 5. The smallest absolute Gasteiger partial charge is 0.404 e. The zero-order chi connectivity index (χ0) is 10.6. The van der Waals surface area contributed by atoms with Crippen molar-refractivity contribution in [3.05, 3.63) is 28.0 Å². The minimum Gasteiger partial charge on any atom is -0.404 e. The third-order valence-corrected chi connectivity index (χ3v) is 1.88. The van der Waals surface area contributed by atoms with Crippen LogP contribution in [-0.4, -0.2) is 11.5 Å². The molecule has 1 rings (SSSR count). The van der Waals surface area contributed by atoms with Gasteiger partial charge in [-0.25, -0.2) is 0 Å². The highest BCUT2D eigenvalue weighted by Gasteiger charge is 2.16. The molecular weight excluding hydrogens is 186 g/mol. The van der Waals surface area contributed by atoms with Gasteiger partial charge in [-0.3, -0.25) is 10.1 Å². The topological polar surface area (TPSA) is 108 Å². The van der Waals surface area contributed by atoms with Crippen LogP contribution in [0.2, 0.25) is 0 Å². The summed E-state index contributed by atoms with van der Waals surface area (Å²) >= 11 is 0. The maximum atomic E-state index is 10.3. The van der Waals surface area contributed by atoms with Gasteiger partial charge in [0.1, 0.15) is 10.7 Å². The van der Waals surface area contributed by atoms with Crippen molar-refractivity contribution in [2.75, 3.05) is 6.54 Å². The zero-order valence-electron chi connectivity index (χ0n) is 7.68. The number of nitrogens with two attached hydrogens (primary N) is 2. The van der Waals surface area contributed by atoms with Crippen LogP contribution in [0.1, 0.15) is 24.6 Å². The van der Waals surface area contributed by atoms with Crippen LogP contribution in [0.25, 0.3) is 0 Å². The lowest BCUT2D eigenvalue weighted by molar-refractivity contribution is -0.402. The fraction of sp³-hybridized carbons (Fsp3) is 0.500. The molecule has 0 fully saturated rings. The summed E-state index contributed by atoms with van der Waals surface area (Å²) < 4.78 is 4.94. The first-order valence-corrected chi connectivity index (χ1v) is 4.35. The second-order valence-electron chi connectivity index (χ2n) is 2.97. The number of furan rings is 1. The number of nitrogens with zero attached hydrogens (tertiary/aromatic N) is 1. The van der Waals surface area contributed by atoms with E-state index in [1.165, 1.54) is 12.1 Å². The Bertz CT molecular complexity index is 311. The first kappa shape index (κ1) is 10.7. The van der Waals surface area contributed by atoms with E-state index in [2.05, 4.69) is 0 Å². The fourth-order valence-corrected chi connectivity index (χ4v) is 1.12. The predicted molar refractivity (Wildman–Crippen MR) is 50.6 cm³/mol. The van der Waals surface area contributed by atoms with Crippen molar-refractivity contribution in [2.45, 2.75) is 18.9 Å². The largest absolute Gasteiger partial charge is 0.433 e. The Hall–Kier alpha value is -1.40. The monoisotopic (exact) mass is 199 g/mol. The van der Waals surface area contributed by atoms with Gasteiger partial charge in [0.15, 0.2) is 0 Å². The first-order chi connectivity index (χ1) is 6.65. The molecule has 1 aromatic heterocycles. The van der Waals surface area contributed by atoms with Crippen LogP contribution in [0.3, 0.4) is 0 Å². The summed E-state index contributed by atoms with van der Waals surface area (Å²) in [6.45, 7) is 0.552. The van der Waals surface area contributed by atoms with Gasteiger partial charge in [-0.2, -0.15) is 0 Å². The molecular formula is C8H13N3O3. The summed E-state index contributed by atoms with van der Waals surface area (Å²) in [6.07, 6.45) is 1.44. The number of hydrogen-bond donors (Lipinski definition) is 2. The van der Waals surface area contributed by atoms with Crippen molar-refractivity contribution in [3.63, 3.8) is 0 Å². The molecule has 1 aromatic rings. The second-order valence-corrected chi connectivity index (χ2v) is 2.97. The summed E-state index contributed by atoms with van der Waals surface area (Å²) in [5.41, 5.74) is 11.0. The molecule has 0 saturated carbocycles. The van der Waals surface area contributed by atoms with Gasteiger partial charge >= 0.3 is 5.88 Å². The summed E-state index contributed by atoms with van der Waals surface area (Å²) in [5.74, 6) is 0.161. The van der Waals surface area contributed by atoms with E-state index in [-0.39, 0.29) is 11.9 Å². The van der Waals surface area contributed by atoms with Crippen LogP contribution < -0.4 is 11.5 Å². The van der Waals surface area contributed by atoms with Crippen molar-refractivity contribution in [1.29, 1.82) is 0 Å². The van der Waals surface area contributed by atoms with Gasteiger partial charge in [0.05, 0.1) is 12.1 Å². The van der Waals surface area contributed by atoms with E-state index in [4.69, 9.17) is 15.9 Å². The summed E-state index contributed by atoms with van der Waals surface area (Å²) in [6, 6.07) is 2.52. The van der Waals surface area contributed by atoms with Crippen molar-refractivity contribution in [3.8, 4) is 0 Å². The van der Waals surface area contributed by atoms with Gasteiger partial charge in [-0.05, 0) is 25.5 Å². The van der Waals surface area contributed by atoms with Gasteiger partial charge in [-0.1, -0.05) is 0 Å². The molecule has 78 valence electrons. The molecule has 4 N–H and O–H groups in total. The van der Waals surface area contributed by atoms with E-state index in [1.807, 2.05) is 0 Å². The molecule has 0 radical (unpaired) electrons. The van der Waals surface area contributed by atoms with Crippen LogP contribution in [0.5, 0.6) is 0 Å². The lowest BCUT2D eigenvalue weighted by Crippen LogP contribution is -2.11. The molecule has 0 bridgehead atoms. The van der Waals surface area contributed by atoms with E-state index >= 15 is 0 Å². The molecule has 0 amide bonds. The average Bonchev–Trinajstić information content (AvgIpc) is 2.62. The summed E-state index contributed by atoms with van der Waals surface area (Å²) in [4.78, 5) is 9.72. The molecule has 0 aromatic carbocycles. The molecule has 0 aliphatic heterocycles.